The number of hydrogen-bond acceptors (Lipinski definition) is 6. The van der Waals surface area contributed by atoms with E-state index in [1.54, 1.807) is 49.6 Å². The normalized spacial score (nSPS) is 9.96. The largest absolute Gasteiger partial charge is 0.495 e. The number of carbonyl (C=O) groups excluding carboxylic acids is 1. The molecule has 0 saturated carbocycles. The monoisotopic (exact) mass is 379 g/mol. The van der Waals surface area contributed by atoms with E-state index in [0.717, 1.165) is 0 Å². The van der Waals surface area contributed by atoms with Crippen LogP contribution in [0.25, 0.3) is 0 Å². The summed E-state index contributed by atoms with van der Waals surface area (Å²) in [6.45, 7) is 0. The van der Waals surface area contributed by atoms with Gasteiger partial charge in [0.1, 0.15) is 5.75 Å². The predicted molar refractivity (Wildman–Crippen MR) is 102 cm³/mol. The third-order valence-electron chi connectivity index (χ3n) is 3.59. The Balaban J connectivity index is 1.66. The standard InChI is InChI=1S/C19H14ClN5O2/c1-27-17-7-6-15(8-16(17)20)25-19-22-10-13(11-23-19)18(26)24-14-4-2-12(9-21)3-5-14/h2-8,10-11H,1H3,(H,24,26)(H,22,23,25). The number of nitrogens with zero attached hydrogens (tertiary/aromatic N) is 3. The second-order valence-corrected chi connectivity index (χ2v) is 5.82. The summed E-state index contributed by atoms with van der Waals surface area (Å²) in [5.74, 6) is 0.544. The first-order valence-corrected chi connectivity index (χ1v) is 8.21. The van der Waals surface area contributed by atoms with Gasteiger partial charge in [-0.2, -0.15) is 5.26 Å². The first kappa shape index (κ1) is 18.2. The molecule has 0 radical (unpaired) electrons. The van der Waals surface area contributed by atoms with Crippen molar-refractivity contribution in [2.45, 2.75) is 0 Å². The Kier molecular flexibility index (Phi) is 5.50. The van der Waals surface area contributed by atoms with Gasteiger partial charge in [0.15, 0.2) is 0 Å². The van der Waals surface area contributed by atoms with Crippen molar-refractivity contribution in [3.8, 4) is 11.8 Å². The summed E-state index contributed by atoms with van der Waals surface area (Å²) in [5.41, 5.74) is 2.09. The summed E-state index contributed by atoms with van der Waals surface area (Å²) in [7, 11) is 1.54. The summed E-state index contributed by atoms with van der Waals surface area (Å²) in [6, 6.07) is 13.8. The highest BCUT2D eigenvalue weighted by Gasteiger charge is 2.09. The van der Waals surface area contributed by atoms with Gasteiger partial charge in [0.25, 0.3) is 5.91 Å². The number of ether oxygens (including phenoxy) is 1. The van der Waals surface area contributed by atoms with Crippen molar-refractivity contribution >= 4 is 34.8 Å². The van der Waals surface area contributed by atoms with Crippen LogP contribution >= 0.6 is 11.6 Å². The van der Waals surface area contributed by atoms with E-state index in [1.165, 1.54) is 12.4 Å². The Morgan fingerprint density at radius 3 is 2.37 bits per heavy atom. The van der Waals surface area contributed by atoms with Gasteiger partial charge in [-0.25, -0.2) is 9.97 Å². The smallest absolute Gasteiger partial charge is 0.258 e. The fourth-order valence-electron chi connectivity index (χ4n) is 2.21. The molecule has 0 aliphatic heterocycles. The molecule has 3 rings (SSSR count). The highest BCUT2D eigenvalue weighted by molar-refractivity contribution is 6.32. The summed E-state index contributed by atoms with van der Waals surface area (Å²) in [6.07, 6.45) is 2.83. The van der Waals surface area contributed by atoms with Crippen LogP contribution in [0.2, 0.25) is 5.02 Å². The molecule has 2 aromatic carbocycles. The van der Waals surface area contributed by atoms with Crippen LogP contribution in [0.3, 0.4) is 0 Å². The molecule has 0 saturated heterocycles. The van der Waals surface area contributed by atoms with E-state index in [-0.39, 0.29) is 5.91 Å². The number of hydrogen-bond donors (Lipinski definition) is 2. The van der Waals surface area contributed by atoms with Gasteiger partial charge in [-0.1, -0.05) is 11.6 Å². The highest BCUT2D eigenvalue weighted by Crippen LogP contribution is 2.28. The van der Waals surface area contributed by atoms with E-state index < -0.39 is 0 Å². The zero-order chi connectivity index (χ0) is 19.2. The Hall–Kier alpha value is -3.63. The van der Waals surface area contributed by atoms with Gasteiger partial charge in [-0.15, -0.1) is 0 Å². The molecule has 0 atom stereocenters. The molecule has 0 aliphatic rings. The summed E-state index contributed by atoms with van der Waals surface area (Å²) >= 11 is 6.08. The molecular formula is C19H14ClN5O2. The fraction of sp³-hybridized carbons (Fsp3) is 0.0526. The molecule has 3 aromatic rings. The molecule has 0 unspecified atom stereocenters. The van der Waals surface area contributed by atoms with Crippen molar-refractivity contribution in [2.24, 2.45) is 0 Å². The molecule has 7 nitrogen and oxygen atoms in total. The van der Waals surface area contributed by atoms with Crippen LogP contribution in [0.15, 0.2) is 54.9 Å². The number of aromatic nitrogens is 2. The molecule has 1 heterocycles. The first-order chi connectivity index (χ1) is 13.1. The molecule has 2 N–H and O–H groups in total. The number of nitriles is 1. The van der Waals surface area contributed by atoms with Crippen molar-refractivity contribution < 1.29 is 9.53 Å². The molecular weight excluding hydrogens is 366 g/mol. The maximum Gasteiger partial charge on any atom is 0.258 e. The van der Waals surface area contributed by atoms with Crippen molar-refractivity contribution in [1.29, 1.82) is 5.26 Å². The lowest BCUT2D eigenvalue weighted by atomic mass is 10.2. The Labute approximate surface area is 160 Å². The predicted octanol–water partition coefficient (Wildman–Crippen LogP) is 4.01. The molecule has 0 spiro atoms. The van der Waals surface area contributed by atoms with Gasteiger partial charge in [0.2, 0.25) is 5.95 Å². The minimum atomic E-state index is -0.348. The van der Waals surface area contributed by atoms with Crippen LogP contribution in [0.1, 0.15) is 15.9 Å². The van der Waals surface area contributed by atoms with Crippen LogP contribution in [-0.2, 0) is 0 Å². The topological polar surface area (TPSA) is 99.9 Å². The molecule has 0 fully saturated rings. The quantitative estimate of drug-likeness (QED) is 0.694. The maximum atomic E-state index is 12.2. The average molecular weight is 380 g/mol. The number of methoxy groups -OCH3 is 1. The van der Waals surface area contributed by atoms with Gasteiger partial charge in [0.05, 0.1) is 29.3 Å². The summed E-state index contributed by atoms with van der Waals surface area (Å²) in [5, 5.41) is 15.0. The zero-order valence-corrected chi connectivity index (χ0v) is 15.0. The average Bonchev–Trinajstić information content (AvgIpc) is 2.69. The maximum absolute atomic E-state index is 12.2. The molecule has 0 bridgehead atoms. The van der Waals surface area contributed by atoms with E-state index in [1.807, 2.05) is 6.07 Å². The minimum absolute atomic E-state index is 0.303. The number of anilines is 3. The lowest BCUT2D eigenvalue weighted by Gasteiger charge is -2.08. The molecule has 8 heteroatoms. The number of nitrogens with one attached hydrogen (secondary N) is 2. The number of benzene rings is 2. The van der Waals surface area contributed by atoms with Gasteiger partial charge < -0.3 is 15.4 Å². The Morgan fingerprint density at radius 1 is 1.11 bits per heavy atom. The van der Waals surface area contributed by atoms with Crippen LogP contribution in [0.5, 0.6) is 5.75 Å². The second kappa shape index (κ2) is 8.17. The fourth-order valence-corrected chi connectivity index (χ4v) is 2.47. The van der Waals surface area contributed by atoms with Crippen molar-refractivity contribution in [3.63, 3.8) is 0 Å². The third-order valence-corrected chi connectivity index (χ3v) is 3.89. The number of amides is 1. The minimum Gasteiger partial charge on any atom is -0.495 e. The first-order valence-electron chi connectivity index (χ1n) is 7.83. The SMILES string of the molecule is COc1ccc(Nc2ncc(C(=O)Nc3ccc(C#N)cc3)cn2)cc1Cl. The van der Waals surface area contributed by atoms with E-state index in [4.69, 9.17) is 21.6 Å². The Bertz CT molecular complexity index is 998. The highest BCUT2D eigenvalue weighted by atomic mass is 35.5. The summed E-state index contributed by atoms with van der Waals surface area (Å²) in [4.78, 5) is 20.5. The lowest BCUT2D eigenvalue weighted by Crippen LogP contribution is -2.13. The number of rotatable bonds is 5. The van der Waals surface area contributed by atoms with E-state index in [0.29, 0.717) is 39.2 Å². The van der Waals surface area contributed by atoms with Gasteiger partial charge in [-0.05, 0) is 42.5 Å². The molecule has 1 amide bonds. The molecule has 134 valence electrons. The van der Waals surface area contributed by atoms with Gasteiger partial charge in [0, 0.05) is 23.8 Å². The molecule has 27 heavy (non-hydrogen) atoms. The van der Waals surface area contributed by atoms with Crippen LogP contribution in [0.4, 0.5) is 17.3 Å². The number of carbonyl (C=O) groups is 1. The molecule has 1 aromatic heterocycles. The zero-order valence-electron chi connectivity index (χ0n) is 14.2. The van der Waals surface area contributed by atoms with Crippen molar-refractivity contribution in [3.05, 3.63) is 71.0 Å². The van der Waals surface area contributed by atoms with E-state index in [2.05, 4.69) is 20.6 Å². The third kappa shape index (κ3) is 4.51. The number of halogens is 1. The van der Waals surface area contributed by atoms with Crippen molar-refractivity contribution in [1.82, 2.24) is 9.97 Å². The second-order valence-electron chi connectivity index (χ2n) is 5.41. The van der Waals surface area contributed by atoms with Crippen LogP contribution < -0.4 is 15.4 Å². The summed E-state index contributed by atoms with van der Waals surface area (Å²) < 4.78 is 5.10. The lowest BCUT2D eigenvalue weighted by molar-refractivity contribution is 0.102. The molecule has 0 aliphatic carbocycles. The Morgan fingerprint density at radius 2 is 1.78 bits per heavy atom. The van der Waals surface area contributed by atoms with Gasteiger partial charge >= 0.3 is 0 Å². The van der Waals surface area contributed by atoms with Crippen LogP contribution in [-0.4, -0.2) is 23.0 Å². The van der Waals surface area contributed by atoms with E-state index >= 15 is 0 Å². The van der Waals surface area contributed by atoms with Crippen LogP contribution in [0, 0.1) is 11.3 Å². The van der Waals surface area contributed by atoms with E-state index in [9.17, 15) is 4.79 Å². The van der Waals surface area contributed by atoms with Crippen molar-refractivity contribution in [2.75, 3.05) is 17.7 Å². The van der Waals surface area contributed by atoms with Gasteiger partial charge in [-0.3, -0.25) is 4.79 Å².